The Morgan fingerprint density at radius 2 is 1.54 bits per heavy atom. The van der Waals surface area contributed by atoms with Crippen LogP contribution < -0.4 is 0 Å². The molecule has 220 valence electrons. The molecule has 1 aliphatic rings. The molecule has 0 unspecified atom stereocenters. The number of likely N-dealkylation sites (tertiary alicyclic amines) is 1. The Hall–Kier alpha value is -3.48. The fourth-order valence-corrected chi connectivity index (χ4v) is 7.09. The van der Waals surface area contributed by atoms with Crippen molar-refractivity contribution in [2.45, 2.75) is 43.9 Å². The summed E-state index contributed by atoms with van der Waals surface area (Å²) in [6.45, 7) is 3.85. The lowest BCUT2D eigenvalue weighted by molar-refractivity contribution is -0.138. The second kappa shape index (κ2) is 11.1. The molecule has 0 N–H and O–H groups in total. The van der Waals surface area contributed by atoms with E-state index in [4.69, 9.17) is 0 Å². The van der Waals surface area contributed by atoms with E-state index in [9.17, 15) is 39.6 Å². The molecular formula is C28H27F6N3O3S. The van der Waals surface area contributed by atoms with E-state index in [1.807, 2.05) is 0 Å². The van der Waals surface area contributed by atoms with Gasteiger partial charge in [0.05, 0.1) is 21.8 Å². The number of alkyl halides is 6. The van der Waals surface area contributed by atoms with Crippen LogP contribution in [0.3, 0.4) is 0 Å². The van der Waals surface area contributed by atoms with E-state index in [1.54, 1.807) is 13.8 Å². The number of benzene rings is 1. The first kappa shape index (κ1) is 30.5. The van der Waals surface area contributed by atoms with Crippen LogP contribution in [0, 0.1) is 11.3 Å². The highest BCUT2D eigenvalue weighted by Gasteiger charge is 2.39. The molecule has 0 aliphatic carbocycles. The predicted molar refractivity (Wildman–Crippen MR) is 138 cm³/mol. The molecular weight excluding hydrogens is 572 g/mol. The van der Waals surface area contributed by atoms with Crippen LogP contribution >= 0.6 is 0 Å². The fraction of sp³-hybridized carbons (Fsp3) is 0.393. The number of pyridine rings is 2. The zero-order valence-corrected chi connectivity index (χ0v) is 22.9. The van der Waals surface area contributed by atoms with Crippen molar-refractivity contribution in [1.82, 2.24) is 14.9 Å². The number of amides is 1. The van der Waals surface area contributed by atoms with Gasteiger partial charge in [0.2, 0.25) is 0 Å². The topological polar surface area (TPSA) is 80.2 Å². The largest absolute Gasteiger partial charge is 0.417 e. The lowest BCUT2D eigenvalue weighted by atomic mass is 9.75. The van der Waals surface area contributed by atoms with Crippen LogP contribution in [-0.4, -0.2) is 48.0 Å². The lowest BCUT2D eigenvalue weighted by Gasteiger charge is -2.40. The van der Waals surface area contributed by atoms with E-state index in [1.165, 1.54) is 29.4 Å². The van der Waals surface area contributed by atoms with Crippen molar-refractivity contribution < 1.29 is 39.6 Å². The van der Waals surface area contributed by atoms with Gasteiger partial charge in [-0.25, -0.2) is 13.4 Å². The summed E-state index contributed by atoms with van der Waals surface area (Å²) in [6, 6.07) is 7.47. The highest BCUT2D eigenvalue weighted by Crippen LogP contribution is 2.39. The summed E-state index contributed by atoms with van der Waals surface area (Å²) in [5.74, 6) is -1.14. The third kappa shape index (κ3) is 6.88. The molecule has 2 aromatic heterocycles. The second-order valence-corrected chi connectivity index (χ2v) is 12.7. The van der Waals surface area contributed by atoms with Gasteiger partial charge >= 0.3 is 12.4 Å². The van der Waals surface area contributed by atoms with Crippen LogP contribution in [0.25, 0.3) is 11.1 Å². The zero-order valence-electron chi connectivity index (χ0n) is 22.1. The van der Waals surface area contributed by atoms with Gasteiger partial charge < -0.3 is 4.90 Å². The van der Waals surface area contributed by atoms with Crippen LogP contribution in [0.4, 0.5) is 26.3 Å². The van der Waals surface area contributed by atoms with Gasteiger partial charge in [-0.05, 0) is 66.1 Å². The molecule has 0 atom stereocenters. The molecule has 0 radical (unpaired) electrons. The Balaban J connectivity index is 1.50. The molecule has 0 bridgehead atoms. The number of aromatic nitrogens is 2. The Labute approximate surface area is 233 Å². The molecule has 0 saturated carbocycles. The quantitative estimate of drug-likeness (QED) is 0.301. The molecule has 1 saturated heterocycles. The normalized spacial score (nSPS) is 15.7. The molecule has 0 spiro atoms. The highest BCUT2D eigenvalue weighted by molar-refractivity contribution is 7.91. The molecule has 4 rings (SSSR count). The maximum atomic E-state index is 13.4. The van der Waals surface area contributed by atoms with E-state index in [2.05, 4.69) is 9.97 Å². The number of nitrogens with zero attached hydrogens (tertiary/aromatic N) is 3. The summed E-state index contributed by atoms with van der Waals surface area (Å²) in [4.78, 5) is 22.2. The summed E-state index contributed by atoms with van der Waals surface area (Å²) in [6.07, 6.45) is -5.15. The van der Waals surface area contributed by atoms with Crippen LogP contribution in [-0.2, 0) is 22.2 Å². The first-order valence-corrected chi connectivity index (χ1v) is 14.3. The number of halogens is 6. The summed E-state index contributed by atoms with van der Waals surface area (Å²) in [5.41, 5.74) is -2.67. The van der Waals surface area contributed by atoms with Gasteiger partial charge in [-0.3, -0.25) is 9.78 Å². The van der Waals surface area contributed by atoms with Gasteiger partial charge in [0.25, 0.3) is 5.91 Å². The molecule has 3 aromatic rings. The maximum Gasteiger partial charge on any atom is 0.417 e. The van der Waals surface area contributed by atoms with Gasteiger partial charge in [0, 0.05) is 37.2 Å². The van der Waals surface area contributed by atoms with Crippen molar-refractivity contribution in [3.8, 4) is 11.1 Å². The van der Waals surface area contributed by atoms with Crippen molar-refractivity contribution >= 4 is 15.7 Å². The fourth-order valence-electron chi connectivity index (χ4n) is 5.11. The van der Waals surface area contributed by atoms with Crippen LogP contribution in [0.15, 0.2) is 66.0 Å². The molecule has 1 aliphatic heterocycles. The van der Waals surface area contributed by atoms with Gasteiger partial charge in [-0.2, -0.15) is 26.3 Å². The van der Waals surface area contributed by atoms with Crippen molar-refractivity contribution in [2.75, 3.05) is 18.8 Å². The number of carbonyl (C=O) groups is 1. The third-order valence-electron chi connectivity index (χ3n) is 7.38. The number of sulfone groups is 1. The molecule has 1 amide bonds. The average molecular weight is 600 g/mol. The van der Waals surface area contributed by atoms with Crippen LogP contribution in [0.1, 0.15) is 48.3 Å². The Kier molecular flexibility index (Phi) is 8.23. The molecule has 6 nitrogen and oxygen atoms in total. The standard InChI is InChI=1S/C28H27F6N3O3S/c1-26(2,17-41(39,40)22-5-3-4-20(14-22)27(29,30)31)19-8-12-37(13-9-19)25(38)24-23(18-6-10-35-11-7-18)15-21(16-36-24)28(32,33)34/h3-7,10-11,14-16,19H,8-9,12-13,17H2,1-2H3. The monoisotopic (exact) mass is 599 g/mol. The van der Waals surface area contributed by atoms with E-state index >= 15 is 0 Å². The summed E-state index contributed by atoms with van der Waals surface area (Å²) >= 11 is 0. The summed E-state index contributed by atoms with van der Waals surface area (Å²) in [7, 11) is -4.06. The summed E-state index contributed by atoms with van der Waals surface area (Å²) < 4.78 is 106. The van der Waals surface area contributed by atoms with E-state index in [0.717, 1.165) is 24.3 Å². The van der Waals surface area contributed by atoms with Crippen molar-refractivity contribution in [3.63, 3.8) is 0 Å². The minimum atomic E-state index is -4.68. The van der Waals surface area contributed by atoms with Gasteiger partial charge in [-0.15, -0.1) is 0 Å². The first-order valence-electron chi connectivity index (χ1n) is 12.7. The lowest BCUT2D eigenvalue weighted by Crippen LogP contribution is -2.44. The van der Waals surface area contributed by atoms with Gasteiger partial charge in [0.1, 0.15) is 5.69 Å². The minimum absolute atomic E-state index is 0.0156. The zero-order chi connectivity index (χ0) is 30.2. The van der Waals surface area contributed by atoms with Gasteiger partial charge in [-0.1, -0.05) is 19.9 Å². The molecule has 1 aromatic carbocycles. The SMILES string of the molecule is CC(C)(CS(=O)(=O)c1cccc(C(F)(F)F)c1)C1CCN(C(=O)c2ncc(C(F)(F)F)cc2-c2ccncc2)CC1. The smallest absolute Gasteiger partial charge is 0.337 e. The number of hydrogen-bond acceptors (Lipinski definition) is 5. The molecule has 3 heterocycles. The number of rotatable bonds is 6. The van der Waals surface area contributed by atoms with E-state index in [0.29, 0.717) is 30.7 Å². The molecule has 41 heavy (non-hydrogen) atoms. The highest BCUT2D eigenvalue weighted by atomic mass is 32.2. The maximum absolute atomic E-state index is 13.4. The number of piperidine rings is 1. The summed E-state index contributed by atoms with van der Waals surface area (Å²) in [5, 5.41) is 0. The van der Waals surface area contributed by atoms with Crippen molar-refractivity contribution in [2.24, 2.45) is 11.3 Å². The molecule has 13 heteroatoms. The molecule has 1 fully saturated rings. The average Bonchev–Trinajstić information content (AvgIpc) is 2.91. The van der Waals surface area contributed by atoms with Crippen molar-refractivity contribution in [1.29, 1.82) is 0 Å². The van der Waals surface area contributed by atoms with E-state index in [-0.39, 0.29) is 30.3 Å². The Morgan fingerprint density at radius 3 is 2.12 bits per heavy atom. The van der Waals surface area contributed by atoms with Crippen LogP contribution in [0.5, 0.6) is 0 Å². The number of hydrogen-bond donors (Lipinski definition) is 0. The third-order valence-corrected chi connectivity index (χ3v) is 9.47. The van der Waals surface area contributed by atoms with Gasteiger partial charge in [0.15, 0.2) is 9.84 Å². The van der Waals surface area contributed by atoms with E-state index < -0.39 is 55.3 Å². The Morgan fingerprint density at radius 1 is 0.927 bits per heavy atom. The van der Waals surface area contributed by atoms with Crippen molar-refractivity contribution in [3.05, 3.63) is 77.9 Å². The second-order valence-electron chi connectivity index (χ2n) is 10.7. The van der Waals surface area contributed by atoms with Crippen LogP contribution in [0.2, 0.25) is 0 Å². The predicted octanol–water partition coefficient (Wildman–Crippen LogP) is 6.53. The Bertz CT molecular complexity index is 1520. The number of carbonyl (C=O) groups excluding carboxylic acids is 1. The minimum Gasteiger partial charge on any atom is -0.337 e. The first-order chi connectivity index (χ1) is 19.0.